The fourth-order valence-corrected chi connectivity index (χ4v) is 2.86. The number of aromatic nitrogens is 3. The molecule has 2 amide bonds. The molecule has 0 spiro atoms. The molecule has 0 unspecified atom stereocenters. The van der Waals surface area contributed by atoms with Gasteiger partial charge in [0.25, 0.3) is 5.91 Å². The molecule has 0 radical (unpaired) electrons. The van der Waals surface area contributed by atoms with Gasteiger partial charge in [0.2, 0.25) is 0 Å². The van der Waals surface area contributed by atoms with Crippen LogP contribution in [0.25, 0.3) is 11.0 Å². The molecule has 28 heavy (non-hydrogen) atoms. The van der Waals surface area contributed by atoms with E-state index < -0.39 is 24.6 Å². The zero-order valence-electron chi connectivity index (χ0n) is 14.8. The van der Waals surface area contributed by atoms with E-state index in [1.54, 1.807) is 28.9 Å². The normalized spacial score (nSPS) is 13.6. The van der Waals surface area contributed by atoms with Crippen molar-refractivity contribution in [1.29, 1.82) is 0 Å². The highest BCUT2D eigenvalue weighted by atomic mass is 16.6. The quantitative estimate of drug-likeness (QED) is 0.620. The number of hydrogen-bond donors (Lipinski definition) is 0. The molecule has 0 aliphatic carbocycles. The largest absolute Gasteiger partial charge is 0.452 e. The van der Waals surface area contributed by atoms with Gasteiger partial charge in [-0.05, 0) is 29.8 Å². The summed E-state index contributed by atoms with van der Waals surface area (Å²) in [7, 11) is 0. The van der Waals surface area contributed by atoms with Gasteiger partial charge in [-0.2, -0.15) is 0 Å². The van der Waals surface area contributed by atoms with E-state index in [4.69, 9.17) is 4.74 Å². The smallest absolute Gasteiger partial charge is 0.416 e. The Morgan fingerprint density at radius 2 is 1.89 bits per heavy atom. The van der Waals surface area contributed by atoms with Crippen molar-refractivity contribution in [3.05, 3.63) is 59.7 Å². The summed E-state index contributed by atoms with van der Waals surface area (Å²) in [6.45, 7) is 0.313. The second kappa shape index (κ2) is 7.47. The molecule has 1 aliphatic heterocycles. The number of esters is 1. The maximum absolute atomic E-state index is 12.1. The zero-order chi connectivity index (χ0) is 19.5. The summed E-state index contributed by atoms with van der Waals surface area (Å²) in [5.41, 5.74) is 2.98. The minimum absolute atomic E-state index is 0.154. The van der Waals surface area contributed by atoms with Crippen molar-refractivity contribution in [2.75, 3.05) is 19.8 Å². The lowest BCUT2D eigenvalue weighted by molar-refractivity contribution is -0.131. The number of para-hydroxylation sites is 1. The van der Waals surface area contributed by atoms with Crippen molar-refractivity contribution in [2.24, 2.45) is 0 Å². The molecule has 2 aromatic carbocycles. The van der Waals surface area contributed by atoms with Crippen molar-refractivity contribution >= 4 is 29.0 Å². The lowest BCUT2D eigenvalue weighted by Crippen LogP contribution is -2.35. The van der Waals surface area contributed by atoms with Crippen LogP contribution in [0.4, 0.5) is 4.79 Å². The van der Waals surface area contributed by atoms with Gasteiger partial charge in [-0.1, -0.05) is 29.5 Å². The third kappa shape index (κ3) is 3.54. The van der Waals surface area contributed by atoms with Crippen LogP contribution in [-0.2, 0) is 20.8 Å². The van der Waals surface area contributed by atoms with Crippen LogP contribution in [0.1, 0.15) is 15.9 Å². The topological polar surface area (TPSA) is 104 Å². The van der Waals surface area contributed by atoms with Gasteiger partial charge in [0, 0.05) is 0 Å². The molecule has 0 atom stereocenters. The molecule has 2 heterocycles. The van der Waals surface area contributed by atoms with Gasteiger partial charge in [0.05, 0.1) is 24.2 Å². The van der Waals surface area contributed by atoms with Crippen LogP contribution in [0.15, 0.2) is 48.5 Å². The number of amides is 2. The van der Waals surface area contributed by atoms with E-state index in [9.17, 15) is 14.4 Å². The second-order valence-corrected chi connectivity index (χ2v) is 6.17. The van der Waals surface area contributed by atoms with Crippen molar-refractivity contribution < 1.29 is 23.9 Å². The number of imide groups is 1. The van der Waals surface area contributed by atoms with E-state index in [-0.39, 0.29) is 13.2 Å². The molecule has 1 aromatic heterocycles. The minimum atomic E-state index is -0.717. The SMILES string of the molecule is O=C(OCC(=O)N1CCOC1=O)c1ccc(Cn2nnc3ccccc32)cc1. The molecule has 142 valence electrons. The first kappa shape index (κ1) is 17.7. The number of cyclic esters (lactones) is 1. The Morgan fingerprint density at radius 1 is 1.11 bits per heavy atom. The van der Waals surface area contributed by atoms with Gasteiger partial charge in [0.15, 0.2) is 6.61 Å². The molecular formula is C19H16N4O5. The van der Waals surface area contributed by atoms with Crippen LogP contribution < -0.4 is 0 Å². The molecule has 3 aromatic rings. The first-order chi connectivity index (χ1) is 13.6. The fraction of sp³-hybridized carbons (Fsp3) is 0.211. The number of fused-ring (bicyclic) bond motifs is 1. The first-order valence-electron chi connectivity index (χ1n) is 8.63. The fourth-order valence-electron chi connectivity index (χ4n) is 2.86. The molecule has 0 N–H and O–H groups in total. The van der Waals surface area contributed by atoms with Crippen molar-refractivity contribution in [2.45, 2.75) is 6.54 Å². The van der Waals surface area contributed by atoms with E-state index in [1.165, 1.54) is 0 Å². The van der Waals surface area contributed by atoms with Gasteiger partial charge in [-0.15, -0.1) is 5.10 Å². The number of ether oxygens (including phenoxy) is 2. The molecular weight excluding hydrogens is 364 g/mol. The summed E-state index contributed by atoms with van der Waals surface area (Å²) in [6.07, 6.45) is -0.717. The third-order valence-electron chi connectivity index (χ3n) is 4.33. The van der Waals surface area contributed by atoms with E-state index in [0.29, 0.717) is 12.1 Å². The first-order valence-corrected chi connectivity index (χ1v) is 8.63. The average Bonchev–Trinajstić information content (AvgIpc) is 3.33. The highest BCUT2D eigenvalue weighted by molar-refractivity contribution is 5.96. The average molecular weight is 380 g/mol. The Bertz CT molecular complexity index is 1040. The van der Waals surface area contributed by atoms with Crippen molar-refractivity contribution in [3.8, 4) is 0 Å². The van der Waals surface area contributed by atoms with Gasteiger partial charge in [-0.25, -0.2) is 19.2 Å². The second-order valence-electron chi connectivity index (χ2n) is 6.17. The van der Waals surface area contributed by atoms with E-state index in [0.717, 1.165) is 21.5 Å². The Balaban J connectivity index is 1.36. The molecule has 9 heteroatoms. The molecule has 9 nitrogen and oxygen atoms in total. The van der Waals surface area contributed by atoms with Crippen LogP contribution in [0.3, 0.4) is 0 Å². The maximum atomic E-state index is 12.1. The van der Waals surface area contributed by atoms with E-state index in [2.05, 4.69) is 15.0 Å². The molecule has 1 saturated heterocycles. The molecule has 1 fully saturated rings. The lowest BCUT2D eigenvalue weighted by Gasteiger charge is -2.11. The Labute approximate surface area is 159 Å². The van der Waals surface area contributed by atoms with Gasteiger partial charge >= 0.3 is 12.1 Å². The van der Waals surface area contributed by atoms with Gasteiger partial charge in [0.1, 0.15) is 12.1 Å². The minimum Gasteiger partial charge on any atom is -0.452 e. The molecule has 0 saturated carbocycles. The Morgan fingerprint density at radius 3 is 2.64 bits per heavy atom. The lowest BCUT2D eigenvalue weighted by atomic mass is 10.1. The van der Waals surface area contributed by atoms with Gasteiger partial charge in [-0.3, -0.25) is 4.79 Å². The molecule has 0 bridgehead atoms. The Kier molecular flexibility index (Phi) is 4.71. The zero-order valence-corrected chi connectivity index (χ0v) is 14.8. The number of rotatable bonds is 5. The van der Waals surface area contributed by atoms with Crippen molar-refractivity contribution in [1.82, 2.24) is 19.9 Å². The summed E-state index contributed by atoms with van der Waals surface area (Å²) >= 11 is 0. The standard InChI is InChI=1S/C19H16N4O5/c24-17(22-9-10-27-19(22)26)12-28-18(25)14-7-5-13(6-8-14)11-23-16-4-2-1-3-15(16)20-21-23/h1-8H,9-12H2. The third-order valence-corrected chi connectivity index (χ3v) is 4.33. The number of benzene rings is 2. The van der Waals surface area contributed by atoms with Crippen LogP contribution in [0, 0.1) is 0 Å². The van der Waals surface area contributed by atoms with Crippen LogP contribution in [0.5, 0.6) is 0 Å². The van der Waals surface area contributed by atoms with Crippen LogP contribution in [-0.4, -0.2) is 57.6 Å². The summed E-state index contributed by atoms with van der Waals surface area (Å²) in [5.74, 6) is -1.25. The number of nitrogens with zero attached hydrogens (tertiary/aromatic N) is 4. The molecule has 1 aliphatic rings. The number of carbonyl (C=O) groups excluding carboxylic acids is 3. The van der Waals surface area contributed by atoms with Crippen LogP contribution >= 0.6 is 0 Å². The summed E-state index contributed by atoms with van der Waals surface area (Å²) in [6, 6.07) is 14.5. The van der Waals surface area contributed by atoms with E-state index >= 15 is 0 Å². The number of carbonyl (C=O) groups is 3. The predicted octanol–water partition coefficient (Wildman–Crippen LogP) is 1.62. The molecule has 4 rings (SSSR count). The maximum Gasteiger partial charge on any atom is 0.416 e. The van der Waals surface area contributed by atoms with Gasteiger partial charge < -0.3 is 9.47 Å². The summed E-state index contributed by atoms with van der Waals surface area (Å²) in [5, 5.41) is 8.25. The van der Waals surface area contributed by atoms with E-state index in [1.807, 2.05) is 24.3 Å². The highest BCUT2D eigenvalue weighted by Crippen LogP contribution is 2.13. The summed E-state index contributed by atoms with van der Waals surface area (Å²) < 4.78 is 11.4. The Hall–Kier alpha value is -3.75. The highest BCUT2D eigenvalue weighted by Gasteiger charge is 2.29. The van der Waals surface area contributed by atoms with Crippen LogP contribution in [0.2, 0.25) is 0 Å². The van der Waals surface area contributed by atoms with Crippen molar-refractivity contribution in [3.63, 3.8) is 0 Å². The number of hydrogen-bond acceptors (Lipinski definition) is 7. The summed E-state index contributed by atoms with van der Waals surface area (Å²) in [4.78, 5) is 36.2. The predicted molar refractivity (Wildman–Crippen MR) is 96.4 cm³/mol. The monoisotopic (exact) mass is 380 g/mol.